The largest absolute Gasteiger partial charge is 0.394 e. The molecule has 0 spiro atoms. The Morgan fingerprint density at radius 1 is 0.957 bits per heavy atom. The molecule has 22 heteroatoms. The number of amides is 1. The van der Waals surface area contributed by atoms with Crippen LogP contribution >= 0.6 is 0 Å². The maximum Gasteiger partial charge on any atom is 0.254 e. The first-order valence-corrected chi connectivity index (χ1v) is 14.0. The number of hydrogen-bond acceptors (Lipinski definition) is 17. The topological polar surface area (TPSA) is 385 Å². The zero-order valence-electron chi connectivity index (χ0n) is 24.8. The zero-order chi connectivity index (χ0) is 34.5. The van der Waals surface area contributed by atoms with Crippen LogP contribution in [0.3, 0.4) is 0 Å². The Morgan fingerprint density at radius 2 is 1.59 bits per heavy atom. The maximum atomic E-state index is 11.8. The summed E-state index contributed by atoms with van der Waals surface area (Å²) < 4.78 is 23.5. The minimum atomic E-state index is -2.30. The van der Waals surface area contributed by atoms with Crippen molar-refractivity contribution in [3.8, 4) is 6.07 Å². The van der Waals surface area contributed by atoms with Crippen LogP contribution in [0.1, 0.15) is 13.3 Å². The van der Waals surface area contributed by atoms with Crippen molar-refractivity contribution in [3.63, 3.8) is 0 Å². The molecule has 3 fully saturated rings. The van der Waals surface area contributed by atoms with E-state index in [1.807, 2.05) is 0 Å². The molecule has 46 heavy (non-hydrogen) atoms. The third-order valence-corrected chi connectivity index (χ3v) is 7.85. The van der Waals surface area contributed by atoms with Gasteiger partial charge in [-0.25, -0.2) is 15.4 Å². The number of carbonyl (C=O) groups is 1. The Balaban J connectivity index is 2.04. The smallest absolute Gasteiger partial charge is 0.254 e. The second-order valence-corrected chi connectivity index (χ2v) is 10.9. The van der Waals surface area contributed by atoms with Crippen molar-refractivity contribution in [1.29, 1.82) is 5.26 Å². The Labute approximate surface area is 262 Å². The SMILES string of the molecule is CNC1C(OC2C(OC3C(O)C(O)C(N=C(N)N)C(O)C3N=C(N)N)OC(C)C2(O)C=NNC(=O)CC#N)OC(CO)C(O)C1O. The first-order chi connectivity index (χ1) is 21.6. The van der Waals surface area contributed by atoms with E-state index in [-0.39, 0.29) is 0 Å². The lowest BCUT2D eigenvalue weighted by atomic mass is 9.81. The van der Waals surface area contributed by atoms with Gasteiger partial charge in [0.2, 0.25) is 0 Å². The fourth-order valence-corrected chi connectivity index (χ4v) is 5.41. The number of hydrazone groups is 1. The predicted octanol–water partition coefficient (Wildman–Crippen LogP) is -8.34. The number of aliphatic hydroxyl groups excluding tert-OH is 6. The molecule has 0 aromatic rings. The van der Waals surface area contributed by atoms with Crippen LogP contribution in [0.5, 0.6) is 0 Å². The molecule has 2 saturated heterocycles. The second kappa shape index (κ2) is 15.5. The van der Waals surface area contributed by atoms with Gasteiger partial charge in [0.1, 0.15) is 67.3 Å². The third kappa shape index (κ3) is 7.79. The van der Waals surface area contributed by atoms with Gasteiger partial charge in [-0.15, -0.1) is 0 Å². The Hall–Kier alpha value is -3.31. The average molecular weight is 663 g/mol. The molecule has 2 heterocycles. The van der Waals surface area contributed by atoms with E-state index < -0.39 is 122 Å². The summed E-state index contributed by atoms with van der Waals surface area (Å²) in [5.41, 5.74) is 21.7. The van der Waals surface area contributed by atoms with E-state index in [4.69, 9.17) is 47.1 Å². The number of carbonyl (C=O) groups excluding carboxylic acids is 1. The number of guanidine groups is 2. The lowest BCUT2D eigenvalue weighted by Crippen LogP contribution is -2.66. The third-order valence-electron chi connectivity index (χ3n) is 7.85. The van der Waals surface area contributed by atoms with Crippen LogP contribution in [0.4, 0.5) is 0 Å². The maximum absolute atomic E-state index is 11.8. The van der Waals surface area contributed by atoms with Crippen molar-refractivity contribution >= 4 is 24.0 Å². The number of ether oxygens (including phenoxy) is 4. The molecular formula is C24H42N10O12. The predicted molar refractivity (Wildman–Crippen MR) is 154 cm³/mol. The molecule has 3 aliphatic rings. The summed E-state index contributed by atoms with van der Waals surface area (Å²) in [5.74, 6) is -1.88. The first-order valence-electron chi connectivity index (χ1n) is 14.0. The summed E-state index contributed by atoms with van der Waals surface area (Å²) in [4.78, 5) is 19.5. The van der Waals surface area contributed by atoms with Crippen LogP contribution in [0.25, 0.3) is 0 Å². The molecule has 22 nitrogen and oxygen atoms in total. The van der Waals surface area contributed by atoms with E-state index in [2.05, 4.69) is 25.8 Å². The highest BCUT2D eigenvalue weighted by molar-refractivity contribution is 5.80. The molecule has 1 amide bonds. The van der Waals surface area contributed by atoms with E-state index in [0.717, 1.165) is 6.21 Å². The average Bonchev–Trinajstić information content (AvgIpc) is 3.21. The van der Waals surface area contributed by atoms with E-state index in [0.29, 0.717) is 0 Å². The van der Waals surface area contributed by atoms with Gasteiger partial charge in [0, 0.05) is 0 Å². The van der Waals surface area contributed by atoms with Crippen LogP contribution < -0.4 is 33.7 Å². The van der Waals surface area contributed by atoms with Gasteiger partial charge in [-0.3, -0.25) is 4.79 Å². The molecule has 260 valence electrons. The normalized spacial score (nSPS) is 42.7. The molecule has 15 unspecified atom stereocenters. The molecule has 1 aliphatic carbocycles. The van der Waals surface area contributed by atoms with E-state index in [1.54, 1.807) is 6.07 Å². The van der Waals surface area contributed by atoms with Gasteiger partial charge in [-0.05, 0) is 14.0 Å². The summed E-state index contributed by atoms with van der Waals surface area (Å²) in [6, 6.07) is -2.56. The lowest BCUT2D eigenvalue weighted by Gasteiger charge is -2.45. The number of aliphatic hydroxyl groups is 7. The van der Waals surface area contributed by atoms with Crippen LogP contribution in [0.15, 0.2) is 15.1 Å². The van der Waals surface area contributed by atoms with Gasteiger partial charge in [0.05, 0.1) is 31.0 Å². The standard InChI is InChI=1S/C24H42N10O12/c1-7-24(42,6-31-34-9(36)3-4-25)19(46-20-12(30-2)16(40)13(37)8(5-35)44-20)21(43-7)45-18-11(33-23(28)29)14(38)10(32-22(26)27)15(39)17(18)41/h6-8,10-21,30,35,37-42H,3,5H2,1-2H3,(H,34,36)(H4,26,27,32)(H4,28,29,33). The number of nitrogens with zero attached hydrogens (tertiary/aromatic N) is 4. The molecule has 3 rings (SSSR count). The highest BCUT2D eigenvalue weighted by Crippen LogP contribution is 2.38. The number of likely N-dealkylation sites (N-methyl/N-ethyl adjacent to an activating group) is 1. The molecular weight excluding hydrogens is 620 g/mol. The summed E-state index contributed by atoms with van der Waals surface area (Å²) in [7, 11) is 1.41. The minimum Gasteiger partial charge on any atom is -0.394 e. The number of rotatable bonds is 11. The fourth-order valence-electron chi connectivity index (χ4n) is 5.41. The van der Waals surface area contributed by atoms with Crippen LogP contribution in [-0.4, -0.2) is 165 Å². The van der Waals surface area contributed by atoms with Crippen molar-refractivity contribution in [2.75, 3.05) is 13.7 Å². The summed E-state index contributed by atoms with van der Waals surface area (Å²) in [6.07, 6.45) is -17.5. The molecule has 1 saturated carbocycles. The first kappa shape index (κ1) is 37.2. The van der Waals surface area contributed by atoms with Crippen LogP contribution in [-0.2, 0) is 23.7 Å². The van der Waals surface area contributed by atoms with E-state index >= 15 is 0 Å². The number of nitrogens with one attached hydrogen (secondary N) is 2. The van der Waals surface area contributed by atoms with Gasteiger partial charge < -0.3 is 82.9 Å². The highest BCUT2D eigenvalue weighted by atomic mass is 16.8. The molecule has 0 radical (unpaired) electrons. The Bertz CT molecular complexity index is 1180. The quantitative estimate of drug-likeness (QED) is 0.0554. The number of hydrogen-bond donors (Lipinski definition) is 13. The van der Waals surface area contributed by atoms with Crippen LogP contribution in [0.2, 0.25) is 0 Å². The van der Waals surface area contributed by atoms with E-state index in [9.17, 15) is 40.5 Å². The van der Waals surface area contributed by atoms with Gasteiger partial charge >= 0.3 is 0 Å². The Kier molecular flexibility index (Phi) is 12.5. The van der Waals surface area contributed by atoms with Crippen molar-refractivity contribution in [2.45, 2.75) is 105 Å². The van der Waals surface area contributed by atoms with Gasteiger partial charge in [0.25, 0.3) is 5.91 Å². The second-order valence-electron chi connectivity index (χ2n) is 10.9. The lowest BCUT2D eigenvalue weighted by molar-refractivity contribution is -0.313. The highest BCUT2D eigenvalue weighted by Gasteiger charge is 2.60. The minimum absolute atomic E-state index is 0.522. The molecule has 0 bridgehead atoms. The monoisotopic (exact) mass is 662 g/mol. The molecule has 17 N–H and O–H groups in total. The molecule has 0 aromatic heterocycles. The van der Waals surface area contributed by atoms with Gasteiger partial charge in [0.15, 0.2) is 30.1 Å². The van der Waals surface area contributed by atoms with Gasteiger partial charge in [-0.2, -0.15) is 10.4 Å². The number of nitrogens with two attached hydrogens (primary N) is 4. The van der Waals surface area contributed by atoms with E-state index in [1.165, 1.54) is 14.0 Å². The Morgan fingerprint density at radius 3 is 2.15 bits per heavy atom. The summed E-state index contributed by atoms with van der Waals surface area (Å²) >= 11 is 0. The summed E-state index contributed by atoms with van der Waals surface area (Å²) in [5, 5.41) is 90.6. The van der Waals surface area contributed by atoms with Crippen LogP contribution in [0, 0.1) is 11.3 Å². The fraction of sp³-hybridized carbons (Fsp3) is 0.792. The number of aliphatic imine (C=N–C) groups is 2. The molecule has 0 aromatic carbocycles. The zero-order valence-corrected chi connectivity index (χ0v) is 24.8. The molecule has 2 aliphatic heterocycles. The van der Waals surface area contributed by atoms with Crippen molar-refractivity contribution < 1.29 is 59.5 Å². The van der Waals surface area contributed by atoms with Crippen molar-refractivity contribution in [2.24, 2.45) is 38.0 Å². The van der Waals surface area contributed by atoms with Crippen molar-refractivity contribution in [3.05, 3.63) is 0 Å². The number of nitriles is 1. The molecule has 15 atom stereocenters. The van der Waals surface area contributed by atoms with Crippen molar-refractivity contribution in [1.82, 2.24) is 10.7 Å². The summed E-state index contributed by atoms with van der Waals surface area (Å²) in [6.45, 7) is 0.627. The van der Waals surface area contributed by atoms with Gasteiger partial charge in [-0.1, -0.05) is 0 Å².